The zero-order valence-electron chi connectivity index (χ0n) is 6.88. The van der Waals surface area contributed by atoms with Crippen molar-refractivity contribution in [3.05, 3.63) is 6.42 Å². The Balaban J connectivity index is 1.81. The standard InChI is InChI=1S/C10H15O/c1-2-5-10(4-1)7-8-3-6-11-9(8)10/h7-9H,1-6H2. The van der Waals surface area contributed by atoms with Crippen LogP contribution in [0.2, 0.25) is 0 Å². The molecule has 0 aromatic rings. The van der Waals surface area contributed by atoms with Gasteiger partial charge in [0, 0.05) is 12.0 Å². The van der Waals surface area contributed by atoms with Crippen LogP contribution in [0.1, 0.15) is 32.1 Å². The Morgan fingerprint density at radius 3 is 2.82 bits per heavy atom. The number of hydrogen-bond acceptors (Lipinski definition) is 1. The molecule has 0 N–H and O–H groups in total. The molecular formula is C10H15O. The van der Waals surface area contributed by atoms with E-state index in [-0.39, 0.29) is 0 Å². The lowest BCUT2D eigenvalue weighted by Gasteiger charge is -2.49. The van der Waals surface area contributed by atoms with Crippen molar-refractivity contribution in [3.63, 3.8) is 0 Å². The van der Waals surface area contributed by atoms with Gasteiger partial charge in [-0.15, -0.1) is 0 Å². The normalized spacial score (nSPS) is 45.8. The third-order valence-electron chi connectivity index (χ3n) is 3.78. The summed E-state index contributed by atoms with van der Waals surface area (Å²) >= 11 is 0. The van der Waals surface area contributed by atoms with Crippen LogP contribution in [0.15, 0.2) is 0 Å². The molecular weight excluding hydrogens is 136 g/mol. The van der Waals surface area contributed by atoms with E-state index in [1.54, 1.807) is 0 Å². The highest BCUT2D eigenvalue weighted by atomic mass is 16.5. The molecule has 61 valence electrons. The molecule has 1 heteroatoms. The molecule has 1 nitrogen and oxygen atoms in total. The van der Waals surface area contributed by atoms with Gasteiger partial charge >= 0.3 is 0 Å². The van der Waals surface area contributed by atoms with Crippen LogP contribution in [0.3, 0.4) is 0 Å². The fourth-order valence-corrected chi connectivity index (χ4v) is 3.26. The summed E-state index contributed by atoms with van der Waals surface area (Å²) in [5.74, 6) is 0.841. The molecule has 1 radical (unpaired) electrons. The van der Waals surface area contributed by atoms with Crippen LogP contribution in [0.5, 0.6) is 0 Å². The van der Waals surface area contributed by atoms with Gasteiger partial charge in [-0.05, 0) is 31.6 Å². The molecule has 2 saturated carbocycles. The predicted molar refractivity (Wildman–Crippen MR) is 43.0 cm³/mol. The van der Waals surface area contributed by atoms with Gasteiger partial charge in [0.1, 0.15) is 0 Å². The van der Waals surface area contributed by atoms with Crippen LogP contribution in [-0.4, -0.2) is 12.7 Å². The quantitative estimate of drug-likeness (QED) is 0.515. The molecule has 11 heavy (non-hydrogen) atoms. The Bertz CT molecular complexity index is 170. The van der Waals surface area contributed by atoms with Gasteiger partial charge in [-0.3, -0.25) is 0 Å². The van der Waals surface area contributed by atoms with Crippen LogP contribution in [0.25, 0.3) is 0 Å². The van der Waals surface area contributed by atoms with Gasteiger partial charge in [0.15, 0.2) is 0 Å². The smallest absolute Gasteiger partial charge is 0.0666 e. The summed E-state index contributed by atoms with van der Waals surface area (Å²) in [6.07, 6.45) is 10.2. The molecule has 3 rings (SSSR count). The minimum Gasteiger partial charge on any atom is -0.377 e. The minimum atomic E-state index is 0.571. The fourth-order valence-electron chi connectivity index (χ4n) is 3.26. The first-order chi connectivity index (χ1) is 5.41. The van der Waals surface area contributed by atoms with Crippen molar-refractivity contribution in [3.8, 4) is 0 Å². The van der Waals surface area contributed by atoms with Gasteiger partial charge in [-0.2, -0.15) is 0 Å². The van der Waals surface area contributed by atoms with Crippen molar-refractivity contribution in [2.45, 2.75) is 38.2 Å². The Kier molecular flexibility index (Phi) is 1.18. The summed E-state index contributed by atoms with van der Waals surface area (Å²) in [4.78, 5) is 0. The maximum atomic E-state index is 5.76. The fraction of sp³-hybridized carbons (Fsp3) is 0.900. The second-order valence-electron chi connectivity index (χ2n) is 4.35. The van der Waals surface area contributed by atoms with Crippen LogP contribution >= 0.6 is 0 Å². The summed E-state index contributed by atoms with van der Waals surface area (Å²) in [6.45, 7) is 1.02. The monoisotopic (exact) mass is 151 g/mol. The first kappa shape index (κ1) is 6.47. The maximum Gasteiger partial charge on any atom is 0.0666 e. The van der Waals surface area contributed by atoms with Gasteiger partial charge in [-0.25, -0.2) is 0 Å². The molecule has 1 heterocycles. The zero-order chi connectivity index (χ0) is 7.31. The highest BCUT2D eigenvalue weighted by Gasteiger charge is 2.57. The van der Waals surface area contributed by atoms with E-state index >= 15 is 0 Å². The highest BCUT2D eigenvalue weighted by Crippen LogP contribution is 2.59. The van der Waals surface area contributed by atoms with E-state index in [1.807, 2.05) is 0 Å². The lowest BCUT2D eigenvalue weighted by molar-refractivity contribution is -0.0502. The van der Waals surface area contributed by atoms with Crippen LogP contribution in [0, 0.1) is 17.8 Å². The molecule has 0 aromatic carbocycles. The second-order valence-corrected chi connectivity index (χ2v) is 4.35. The van der Waals surface area contributed by atoms with Crippen molar-refractivity contribution >= 4 is 0 Å². The predicted octanol–water partition coefficient (Wildman–Crippen LogP) is 2.17. The van der Waals surface area contributed by atoms with Gasteiger partial charge in [-0.1, -0.05) is 12.8 Å². The van der Waals surface area contributed by atoms with E-state index in [1.165, 1.54) is 32.1 Å². The molecule has 2 atom stereocenters. The molecule has 0 amide bonds. The van der Waals surface area contributed by atoms with E-state index in [0.29, 0.717) is 11.5 Å². The molecule has 2 aliphatic carbocycles. The first-order valence-electron chi connectivity index (χ1n) is 4.88. The third kappa shape index (κ3) is 0.703. The Labute approximate surface area is 68.1 Å². The van der Waals surface area contributed by atoms with E-state index < -0.39 is 0 Å². The highest BCUT2D eigenvalue weighted by molar-refractivity contribution is 5.18. The second kappa shape index (κ2) is 2.01. The lowest BCUT2D eigenvalue weighted by Crippen LogP contribution is -2.49. The third-order valence-corrected chi connectivity index (χ3v) is 3.78. The molecule has 1 aliphatic heterocycles. The molecule has 2 unspecified atom stereocenters. The molecule has 0 bridgehead atoms. The van der Waals surface area contributed by atoms with Crippen LogP contribution in [0.4, 0.5) is 0 Å². The Hall–Kier alpha value is -0.0400. The number of rotatable bonds is 0. The Morgan fingerprint density at radius 2 is 2.09 bits per heavy atom. The molecule has 1 spiro atoms. The molecule has 3 fully saturated rings. The largest absolute Gasteiger partial charge is 0.377 e. The molecule has 0 aromatic heterocycles. The van der Waals surface area contributed by atoms with Crippen molar-refractivity contribution in [2.24, 2.45) is 11.3 Å². The average molecular weight is 151 g/mol. The van der Waals surface area contributed by atoms with Crippen molar-refractivity contribution < 1.29 is 4.74 Å². The van der Waals surface area contributed by atoms with Gasteiger partial charge in [0.2, 0.25) is 0 Å². The summed E-state index contributed by atoms with van der Waals surface area (Å²) < 4.78 is 5.76. The van der Waals surface area contributed by atoms with E-state index in [9.17, 15) is 0 Å². The number of ether oxygens (including phenoxy) is 1. The molecule has 1 saturated heterocycles. The van der Waals surface area contributed by atoms with Crippen LogP contribution < -0.4 is 0 Å². The minimum absolute atomic E-state index is 0.571. The maximum absolute atomic E-state index is 5.76. The average Bonchev–Trinajstić information content (AvgIpc) is 2.52. The van der Waals surface area contributed by atoms with Crippen molar-refractivity contribution in [2.75, 3.05) is 6.61 Å². The number of hydrogen-bond donors (Lipinski definition) is 0. The lowest BCUT2D eigenvalue weighted by atomic mass is 9.58. The summed E-state index contributed by atoms with van der Waals surface area (Å²) in [5, 5.41) is 0. The Morgan fingerprint density at radius 1 is 1.27 bits per heavy atom. The summed E-state index contributed by atoms with van der Waals surface area (Å²) in [7, 11) is 0. The van der Waals surface area contributed by atoms with E-state index in [4.69, 9.17) is 4.74 Å². The van der Waals surface area contributed by atoms with Gasteiger partial charge < -0.3 is 4.74 Å². The zero-order valence-corrected chi connectivity index (χ0v) is 6.88. The van der Waals surface area contributed by atoms with Crippen LogP contribution in [-0.2, 0) is 4.74 Å². The molecule has 3 aliphatic rings. The van der Waals surface area contributed by atoms with Crippen molar-refractivity contribution in [1.82, 2.24) is 0 Å². The topological polar surface area (TPSA) is 9.23 Å². The summed E-state index contributed by atoms with van der Waals surface area (Å²) in [5.41, 5.74) is 0.571. The van der Waals surface area contributed by atoms with Crippen molar-refractivity contribution in [1.29, 1.82) is 0 Å². The number of fused-ring (bicyclic) bond motifs is 2. The van der Waals surface area contributed by atoms with Gasteiger partial charge in [0.25, 0.3) is 0 Å². The van der Waals surface area contributed by atoms with Gasteiger partial charge in [0.05, 0.1) is 6.10 Å². The SMILES string of the molecule is [CH]1C2CCOC2C12CCCC2. The first-order valence-corrected chi connectivity index (χ1v) is 4.88. The van der Waals surface area contributed by atoms with E-state index in [0.717, 1.165) is 12.5 Å². The van der Waals surface area contributed by atoms with E-state index in [2.05, 4.69) is 6.42 Å². The summed E-state index contributed by atoms with van der Waals surface area (Å²) in [6, 6.07) is 0.